The zero-order valence-corrected chi connectivity index (χ0v) is 10.8. The van der Waals surface area contributed by atoms with Gasteiger partial charge in [0.15, 0.2) is 5.65 Å². The van der Waals surface area contributed by atoms with Crippen molar-refractivity contribution in [3.05, 3.63) is 22.4 Å². The van der Waals surface area contributed by atoms with Gasteiger partial charge >= 0.3 is 5.69 Å². The number of hydrogen-bond acceptors (Lipinski definition) is 5. The van der Waals surface area contributed by atoms with Gasteiger partial charge in [0.05, 0.1) is 0 Å². The molecule has 0 radical (unpaired) electrons. The number of ether oxygens (including phenoxy) is 1. The van der Waals surface area contributed by atoms with Crippen LogP contribution in [-0.2, 0) is 4.74 Å². The van der Waals surface area contributed by atoms with Crippen LogP contribution < -0.4 is 11.0 Å². The molecule has 7 nitrogen and oxygen atoms in total. The maximum Gasteiger partial charge on any atom is 0.349 e. The Bertz CT molecular complexity index is 627. The number of fused-ring (bicyclic) bond motifs is 1. The van der Waals surface area contributed by atoms with Crippen molar-refractivity contribution in [2.24, 2.45) is 5.92 Å². The third-order valence-corrected chi connectivity index (χ3v) is 3.45. The highest BCUT2D eigenvalue weighted by molar-refractivity contribution is 5.49. The molecule has 19 heavy (non-hydrogen) atoms. The Balaban J connectivity index is 1.69. The Morgan fingerprint density at radius 2 is 2.53 bits per heavy atom. The number of hydrogen-bond donors (Lipinski definition) is 2. The summed E-state index contributed by atoms with van der Waals surface area (Å²) >= 11 is 0. The van der Waals surface area contributed by atoms with Crippen LogP contribution in [0.3, 0.4) is 0 Å². The Morgan fingerprint density at radius 3 is 3.32 bits per heavy atom. The third kappa shape index (κ3) is 2.46. The van der Waals surface area contributed by atoms with E-state index in [9.17, 15) is 4.79 Å². The topological polar surface area (TPSA) is 84.3 Å². The molecule has 3 rings (SSSR count). The number of rotatable bonds is 4. The lowest BCUT2D eigenvalue weighted by Crippen LogP contribution is -2.15. The molecule has 2 N–H and O–H groups in total. The molecule has 0 spiro atoms. The lowest BCUT2D eigenvalue weighted by Gasteiger charge is -2.09. The molecular weight excluding hydrogens is 246 g/mol. The van der Waals surface area contributed by atoms with Crippen LogP contribution in [0.2, 0.25) is 0 Å². The number of nitrogens with zero attached hydrogens (tertiary/aromatic N) is 3. The third-order valence-electron chi connectivity index (χ3n) is 3.45. The number of aromatic amines is 1. The molecule has 0 amide bonds. The number of anilines is 1. The SMILES string of the molecule is Cc1nc(NCCC2CCOC2)cc2n[nH]c(=O)n12. The van der Waals surface area contributed by atoms with Crippen LogP contribution in [0.25, 0.3) is 5.65 Å². The minimum Gasteiger partial charge on any atom is -0.381 e. The summed E-state index contributed by atoms with van der Waals surface area (Å²) in [5, 5.41) is 9.65. The maximum atomic E-state index is 11.5. The van der Waals surface area contributed by atoms with Crippen LogP contribution in [0, 0.1) is 12.8 Å². The zero-order chi connectivity index (χ0) is 13.2. The van der Waals surface area contributed by atoms with Crippen LogP contribution in [0.1, 0.15) is 18.7 Å². The molecule has 0 aliphatic carbocycles. The second-order valence-corrected chi connectivity index (χ2v) is 4.86. The van der Waals surface area contributed by atoms with Gasteiger partial charge in [-0.05, 0) is 25.7 Å². The molecule has 1 aliphatic heterocycles. The largest absolute Gasteiger partial charge is 0.381 e. The summed E-state index contributed by atoms with van der Waals surface area (Å²) < 4.78 is 6.80. The molecule has 2 aromatic heterocycles. The lowest BCUT2D eigenvalue weighted by molar-refractivity contribution is 0.185. The van der Waals surface area contributed by atoms with Gasteiger partial charge in [0, 0.05) is 25.8 Å². The molecule has 0 aromatic carbocycles. The van der Waals surface area contributed by atoms with E-state index < -0.39 is 0 Å². The average molecular weight is 263 g/mol. The van der Waals surface area contributed by atoms with Gasteiger partial charge in [-0.3, -0.25) is 0 Å². The average Bonchev–Trinajstić information content (AvgIpc) is 3.00. The van der Waals surface area contributed by atoms with E-state index in [1.165, 1.54) is 4.40 Å². The Morgan fingerprint density at radius 1 is 1.63 bits per heavy atom. The van der Waals surface area contributed by atoms with Gasteiger partial charge in [-0.15, -0.1) is 0 Å². The first-order chi connectivity index (χ1) is 9.24. The summed E-state index contributed by atoms with van der Waals surface area (Å²) in [6, 6.07) is 1.77. The number of H-pyrrole nitrogens is 1. The molecular formula is C12H17N5O2. The van der Waals surface area contributed by atoms with E-state index >= 15 is 0 Å². The molecule has 7 heteroatoms. The van der Waals surface area contributed by atoms with Crippen molar-refractivity contribution in [2.75, 3.05) is 25.1 Å². The van der Waals surface area contributed by atoms with E-state index in [4.69, 9.17) is 4.74 Å². The van der Waals surface area contributed by atoms with Gasteiger partial charge in [-0.1, -0.05) is 0 Å². The summed E-state index contributed by atoms with van der Waals surface area (Å²) in [7, 11) is 0. The van der Waals surface area contributed by atoms with E-state index in [0.29, 0.717) is 17.4 Å². The van der Waals surface area contributed by atoms with Crippen LogP contribution in [0.15, 0.2) is 10.9 Å². The van der Waals surface area contributed by atoms with Crippen molar-refractivity contribution in [3.8, 4) is 0 Å². The number of aryl methyl sites for hydroxylation is 1. The predicted octanol–water partition coefficient (Wildman–Crippen LogP) is 0.565. The van der Waals surface area contributed by atoms with Crippen LogP contribution in [-0.4, -0.2) is 39.3 Å². The van der Waals surface area contributed by atoms with E-state index in [2.05, 4.69) is 20.5 Å². The highest BCUT2D eigenvalue weighted by Crippen LogP contribution is 2.16. The number of nitrogens with one attached hydrogen (secondary N) is 2. The minimum atomic E-state index is -0.255. The quantitative estimate of drug-likeness (QED) is 0.842. The minimum absolute atomic E-state index is 0.255. The Hall–Kier alpha value is -1.89. The maximum absolute atomic E-state index is 11.5. The first-order valence-electron chi connectivity index (χ1n) is 6.50. The fraction of sp³-hybridized carbons (Fsp3) is 0.583. The van der Waals surface area contributed by atoms with Crippen molar-refractivity contribution >= 4 is 11.5 Å². The molecule has 2 aromatic rings. The molecule has 1 fully saturated rings. The summed E-state index contributed by atoms with van der Waals surface area (Å²) in [5.41, 5.74) is 0.332. The van der Waals surface area contributed by atoms with Crippen molar-refractivity contribution in [2.45, 2.75) is 19.8 Å². The lowest BCUT2D eigenvalue weighted by atomic mass is 10.1. The van der Waals surface area contributed by atoms with Crippen molar-refractivity contribution in [1.82, 2.24) is 19.6 Å². The molecule has 3 heterocycles. The van der Waals surface area contributed by atoms with Gasteiger partial charge in [0.25, 0.3) is 0 Å². The predicted molar refractivity (Wildman–Crippen MR) is 70.4 cm³/mol. The van der Waals surface area contributed by atoms with E-state index in [-0.39, 0.29) is 5.69 Å². The van der Waals surface area contributed by atoms with Crippen LogP contribution in [0.5, 0.6) is 0 Å². The van der Waals surface area contributed by atoms with E-state index in [0.717, 1.165) is 38.4 Å². The standard InChI is InChI=1S/C12H17N5O2/c1-8-14-10(6-11-15-16-12(18)17(8)11)13-4-2-9-3-5-19-7-9/h6,9,13H,2-5,7H2,1H3,(H,16,18). The first-order valence-corrected chi connectivity index (χ1v) is 6.50. The van der Waals surface area contributed by atoms with Crippen LogP contribution >= 0.6 is 0 Å². The Kier molecular flexibility index (Phi) is 3.20. The second-order valence-electron chi connectivity index (χ2n) is 4.86. The molecule has 0 saturated carbocycles. The fourth-order valence-electron chi connectivity index (χ4n) is 2.40. The van der Waals surface area contributed by atoms with Crippen molar-refractivity contribution < 1.29 is 4.74 Å². The molecule has 102 valence electrons. The first kappa shape index (κ1) is 12.2. The van der Waals surface area contributed by atoms with Crippen molar-refractivity contribution in [3.63, 3.8) is 0 Å². The van der Waals surface area contributed by atoms with Gasteiger partial charge in [-0.25, -0.2) is 19.3 Å². The molecule has 1 atom stereocenters. The molecule has 1 unspecified atom stereocenters. The summed E-state index contributed by atoms with van der Waals surface area (Å²) in [6.45, 7) is 4.39. The molecule has 1 saturated heterocycles. The summed E-state index contributed by atoms with van der Waals surface area (Å²) in [4.78, 5) is 15.8. The van der Waals surface area contributed by atoms with Crippen LogP contribution in [0.4, 0.5) is 5.82 Å². The molecule has 0 bridgehead atoms. The van der Waals surface area contributed by atoms with Gasteiger partial charge in [0.2, 0.25) is 0 Å². The van der Waals surface area contributed by atoms with Gasteiger partial charge in [-0.2, -0.15) is 5.10 Å². The van der Waals surface area contributed by atoms with Gasteiger partial charge < -0.3 is 10.1 Å². The highest BCUT2D eigenvalue weighted by atomic mass is 16.5. The van der Waals surface area contributed by atoms with Gasteiger partial charge in [0.1, 0.15) is 11.6 Å². The Labute approximate surface area is 110 Å². The second kappa shape index (κ2) is 5.00. The molecule has 1 aliphatic rings. The zero-order valence-electron chi connectivity index (χ0n) is 10.8. The summed E-state index contributed by atoms with van der Waals surface area (Å²) in [5.74, 6) is 2.02. The smallest absolute Gasteiger partial charge is 0.349 e. The fourth-order valence-corrected chi connectivity index (χ4v) is 2.40. The number of aromatic nitrogens is 4. The monoisotopic (exact) mass is 263 g/mol. The normalized spacial score (nSPS) is 19.1. The highest BCUT2D eigenvalue weighted by Gasteiger charge is 2.15. The summed E-state index contributed by atoms with van der Waals surface area (Å²) in [6.07, 6.45) is 2.21. The van der Waals surface area contributed by atoms with Crippen molar-refractivity contribution in [1.29, 1.82) is 0 Å². The van der Waals surface area contributed by atoms with E-state index in [1.54, 1.807) is 13.0 Å². The van der Waals surface area contributed by atoms with E-state index in [1.807, 2.05) is 0 Å².